The molecule has 0 unspecified atom stereocenters. The van der Waals surface area contributed by atoms with Gasteiger partial charge in [-0.05, 0) is 29.8 Å². The lowest BCUT2D eigenvalue weighted by Gasteiger charge is -2.14. The molecule has 0 fully saturated rings. The molecule has 0 spiro atoms. The number of phenols is 1. The van der Waals surface area contributed by atoms with Crippen molar-refractivity contribution in [2.75, 3.05) is 0 Å². The second kappa shape index (κ2) is 4.65. The standard InChI is InChI=1S/C14H8F3NO/c15-14(16,17)11-2-1-3-12(19)13(11)10-6-4-9(8-18)5-7-10/h1-7,19H. The first-order valence-electron chi connectivity index (χ1n) is 5.33. The number of benzene rings is 2. The maximum atomic E-state index is 12.9. The summed E-state index contributed by atoms with van der Waals surface area (Å²) >= 11 is 0. The van der Waals surface area contributed by atoms with Gasteiger partial charge in [-0.25, -0.2) is 0 Å². The molecule has 0 radical (unpaired) electrons. The number of rotatable bonds is 1. The summed E-state index contributed by atoms with van der Waals surface area (Å²) in [5.74, 6) is -0.445. The highest BCUT2D eigenvalue weighted by atomic mass is 19.4. The number of halogens is 3. The number of phenolic OH excluding ortho intramolecular Hbond substituents is 1. The van der Waals surface area contributed by atoms with Gasteiger partial charge in [0.1, 0.15) is 5.75 Å². The Bertz CT molecular complexity index is 639. The Labute approximate surface area is 107 Å². The van der Waals surface area contributed by atoms with E-state index in [4.69, 9.17) is 5.26 Å². The summed E-state index contributed by atoms with van der Waals surface area (Å²) < 4.78 is 38.7. The maximum Gasteiger partial charge on any atom is 0.417 e. The van der Waals surface area contributed by atoms with Crippen molar-refractivity contribution in [3.05, 3.63) is 53.6 Å². The first-order chi connectivity index (χ1) is 8.93. The van der Waals surface area contributed by atoms with Crippen molar-refractivity contribution in [2.45, 2.75) is 6.18 Å². The molecule has 0 aliphatic heterocycles. The van der Waals surface area contributed by atoms with Crippen molar-refractivity contribution in [3.63, 3.8) is 0 Å². The van der Waals surface area contributed by atoms with E-state index in [-0.39, 0.29) is 11.1 Å². The summed E-state index contributed by atoms with van der Waals surface area (Å²) in [5, 5.41) is 18.3. The fourth-order valence-corrected chi connectivity index (χ4v) is 1.79. The maximum absolute atomic E-state index is 12.9. The lowest BCUT2D eigenvalue weighted by atomic mass is 9.97. The van der Waals surface area contributed by atoms with Gasteiger partial charge < -0.3 is 5.11 Å². The van der Waals surface area contributed by atoms with E-state index in [9.17, 15) is 18.3 Å². The monoisotopic (exact) mass is 263 g/mol. The Morgan fingerprint density at radius 1 is 1.00 bits per heavy atom. The molecule has 2 rings (SSSR count). The summed E-state index contributed by atoms with van der Waals surface area (Å²) in [7, 11) is 0. The van der Waals surface area contributed by atoms with Crippen LogP contribution in [0, 0.1) is 11.3 Å². The van der Waals surface area contributed by atoms with Crippen LogP contribution in [-0.4, -0.2) is 5.11 Å². The minimum atomic E-state index is -4.55. The molecule has 96 valence electrons. The SMILES string of the molecule is N#Cc1ccc(-c2c(O)cccc2C(F)(F)F)cc1. The zero-order valence-corrected chi connectivity index (χ0v) is 9.57. The molecule has 0 atom stereocenters. The van der Waals surface area contributed by atoms with Gasteiger partial charge in [-0.2, -0.15) is 18.4 Å². The van der Waals surface area contributed by atoms with Crippen LogP contribution < -0.4 is 0 Å². The third-order valence-electron chi connectivity index (χ3n) is 2.65. The number of nitrogens with zero attached hydrogens (tertiary/aromatic N) is 1. The van der Waals surface area contributed by atoms with Gasteiger partial charge >= 0.3 is 6.18 Å². The molecule has 0 aromatic heterocycles. The minimum Gasteiger partial charge on any atom is -0.507 e. The van der Waals surface area contributed by atoms with Crippen molar-refractivity contribution in [1.29, 1.82) is 5.26 Å². The van der Waals surface area contributed by atoms with Crippen LogP contribution in [0.15, 0.2) is 42.5 Å². The Morgan fingerprint density at radius 2 is 1.63 bits per heavy atom. The van der Waals surface area contributed by atoms with Gasteiger partial charge in [0.15, 0.2) is 0 Å². The van der Waals surface area contributed by atoms with Crippen LogP contribution in [0.1, 0.15) is 11.1 Å². The van der Waals surface area contributed by atoms with Crippen molar-refractivity contribution < 1.29 is 18.3 Å². The van der Waals surface area contributed by atoms with E-state index in [2.05, 4.69) is 0 Å². The zero-order chi connectivity index (χ0) is 14.0. The Hall–Kier alpha value is -2.48. The van der Waals surface area contributed by atoms with Crippen molar-refractivity contribution in [1.82, 2.24) is 0 Å². The number of aromatic hydroxyl groups is 1. The van der Waals surface area contributed by atoms with E-state index < -0.39 is 17.5 Å². The number of nitriles is 1. The summed E-state index contributed by atoms with van der Waals surface area (Å²) in [6.07, 6.45) is -4.55. The van der Waals surface area contributed by atoms with Gasteiger partial charge in [-0.1, -0.05) is 18.2 Å². The lowest BCUT2D eigenvalue weighted by Crippen LogP contribution is -2.07. The highest BCUT2D eigenvalue weighted by Gasteiger charge is 2.34. The van der Waals surface area contributed by atoms with E-state index >= 15 is 0 Å². The molecule has 19 heavy (non-hydrogen) atoms. The second-order valence-electron chi connectivity index (χ2n) is 3.89. The number of alkyl halides is 3. The molecule has 2 aromatic rings. The van der Waals surface area contributed by atoms with Crippen LogP contribution >= 0.6 is 0 Å². The largest absolute Gasteiger partial charge is 0.507 e. The van der Waals surface area contributed by atoms with Gasteiger partial charge in [0.2, 0.25) is 0 Å². The molecule has 5 heteroatoms. The van der Waals surface area contributed by atoms with Crippen LogP contribution in [-0.2, 0) is 6.18 Å². The Morgan fingerprint density at radius 3 is 2.16 bits per heavy atom. The molecule has 0 heterocycles. The fourth-order valence-electron chi connectivity index (χ4n) is 1.79. The van der Waals surface area contributed by atoms with E-state index in [1.165, 1.54) is 30.3 Å². The van der Waals surface area contributed by atoms with Crippen molar-refractivity contribution >= 4 is 0 Å². The normalized spacial score (nSPS) is 11.1. The highest BCUT2D eigenvalue weighted by molar-refractivity contribution is 5.74. The zero-order valence-electron chi connectivity index (χ0n) is 9.57. The molecule has 0 saturated carbocycles. The van der Waals surface area contributed by atoms with Crippen molar-refractivity contribution in [2.24, 2.45) is 0 Å². The minimum absolute atomic E-state index is 0.212. The van der Waals surface area contributed by atoms with Crippen molar-refractivity contribution in [3.8, 4) is 22.9 Å². The fraction of sp³-hybridized carbons (Fsp3) is 0.0714. The molecular formula is C14H8F3NO. The van der Waals surface area contributed by atoms with E-state index in [1.807, 2.05) is 6.07 Å². The number of hydrogen-bond donors (Lipinski definition) is 1. The average molecular weight is 263 g/mol. The van der Waals surface area contributed by atoms with E-state index in [1.54, 1.807) is 0 Å². The molecule has 2 nitrogen and oxygen atoms in total. The van der Waals surface area contributed by atoms with Gasteiger partial charge in [0.25, 0.3) is 0 Å². The summed E-state index contributed by atoms with van der Waals surface area (Å²) in [6.45, 7) is 0. The molecule has 0 aliphatic carbocycles. The molecular weight excluding hydrogens is 255 g/mol. The van der Waals surface area contributed by atoms with Crippen LogP contribution in [0.3, 0.4) is 0 Å². The Balaban J connectivity index is 2.64. The molecule has 0 saturated heterocycles. The first kappa shape index (κ1) is 13.0. The third-order valence-corrected chi connectivity index (χ3v) is 2.65. The summed E-state index contributed by atoms with van der Waals surface area (Å²) in [5.41, 5.74) is -0.631. The van der Waals surface area contributed by atoms with Gasteiger partial charge in [0.05, 0.1) is 17.2 Å². The summed E-state index contributed by atoms with van der Waals surface area (Å²) in [4.78, 5) is 0. The second-order valence-corrected chi connectivity index (χ2v) is 3.89. The molecule has 0 aliphatic rings. The van der Waals surface area contributed by atoms with Crippen LogP contribution in [0.4, 0.5) is 13.2 Å². The average Bonchev–Trinajstić information content (AvgIpc) is 2.37. The van der Waals surface area contributed by atoms with E-state index in [0.717, 1.165) is 12.1 Å². The Kier molecular flexibility index (Phi) is 3.17. The first-order valence-corrected chi connectivity index (χ1v) is 5.33. The van der Waals surface area contributed by atoms with Crippen LogP contribution in [0.2, 0.25) is 0 Å². The number of hydrogen-bond acceptors (Lipinski definition) is 2. The highest BCUT2D eigenvalue weighted by Crippen LogP contribution is 2.41. The molecule has 2 aromatic carbocycles. The summed E-state index contributed by atoms with van der Waals surface area (Å²) in [6, 6.07) is 10.7. The van der Waals surface area contributed by atoms with Gasteiger partial charge in [0, 0.05) is 5.56 Å². The molecule has 1 N–H and O–H groups in total. The van der Waals surface area contributed by atoms with Crippen LogP contribution in [0.25, 0.3) is 11.1 Å². The quantitative estimate of drug-likeness (QED) is 0.846. The smallest absolute Gasteiger partial charge is 0.417 e. The topological polar surface area (TPSA) is 44.0 Å². The van der Waals surface area contributed by atoms with Gasteiger partial charge in [-0.3, -0.25) is 0 Å². The van der Waals surface area contributed by atoms with E-state index in [0.29, 0.717) is 5.56 Å². The predicted octanol–water partition coefficient (Wildman–Crippen LogP) is 3.95. The van der Waals surface area contributed by atoms with Gasteiger partial charge in [-0.15, -0.1) is 0 Å². The van der Waals surface area contributed by atoms with Crippen LogP contribution in [0.5, 0.6) is 5.75 Å². The lowest BCUT2D eigenvalue weighted by molar-refractivity contribution is -0.137. The molecule has 0 bridgehead atoms. The third kappa shape index (κ3) is 2.52. The molecule has 0 amide bonds. The predicted molar refractivity (Wildman–Crippen MR) is 63.3 cm³/mol.